The first kappa shape index (κ1) is 15.3. The van der Waals surface area contributed by atoms with Crippen molar-refractivity contribution in [1.29, 1.82) is 0 Å². The molecule has 112 valence electrons. The predicted molar refractivity (Wildman–Crippen MR) is 83.4 cm³/mol. The third-order valence-electron chi connectivity index (χ3n) is 5.58. The first-order chi connectivity index (χ1) is 8.99. The van der Waals surface area contributed by atoms with Gasteiger partial charge in [-0.05, 0) is 75.9 Å². The van der Waals surface area contributed by atoms with Gasteiger partial charge in [0.1, 0.15) is 0 Å². The highest BCUT2D eigenvalue weighted by atomic mass is 15.1. The molecule has 1 aliphatic heterocycles. The van der Waals surface area contributed by atoms with Crippen molar-refractivity contribution in [2.45, 2.75) is 65.3 Å². The van der Waals surface area contributed by atoms with E-state index in [0.29, 0.717) is 5.41 Å². The van der Waals surface area contributed by atoms with Crippen LogP contribution in [0.25, 0.3) is 0 Å². The Labute approximate surface area is 120 Å². The summed E-state index contributed by atoms with van der Waals surface area (Å²) in [6.07, 6.45) is 8.53. The van der Waals surface area contributed by atoms with Crippen LogP contribution in [0.15, 0.2) is 0 Å². The molecule has 0 atom stereocenters. The van der Waals surface area contributed by atoms with Gasteiger partial charge in [0.25, 0.3) is 0 Å². The first-order valence-corrected chi connectivity index (χ1v) is 8.38. The molecule has 2 fully saturated rings. The molecule has 0 aromatic heterocycles. The van der Waals surface area contributed by atoms with Crippen molar-refractivity contribution in [3.63, 3.8) is 0 Å². The van der Waals surface area contributed by atoms with Gasteiger partial charge in [0.2, 0.25) is 0 Å². The van der Waals surface area contributed by atoms with E-state index in [1.54, 1.807) is 0 Å². The van der Waals surface area contributed by atoms with E-state index in [0.717, 1.165) is 17.9 Å². The minimum atomic E-state index is 0.524. The summed E-state index contributed by atoms with van der Waals surface area (Å²) >= 11 is 0. The van der Waals surface area contributed by atoms with Gasteiger partial charge in [0.15, 0.2) is 0 Å². The average molecular weight is 266 g/mol. The van der Waals surface area contributed by atoms with E-state index in [9.17, 15) is 0 Å². The van der Waals surface area contributed by atoms with E-state index in [1.165, 1.54) is 58.2 Å². The van der Waals surface area contributed by atoms with E-state index >= 15 is 0 Å². The van der Waals surface area contributed by atoms with Crippen LogP contribution < -0.4 is 5.32 Å². The van der Waals surface area contributed by atoms with Gasteiger partial charge in [0, 0.05) is 12.6 Å². The molecule has 19 heavy (non-hydrogen) atoms. The monoisotopic (exact) mass is 266 g/mol. The van der Waals surface area contributed by atoms with E-state index in [1.807, 2.05) is 0 Å². The van der Waals surface area contributed by atoms with Gasteiger partial charge in [-0.15, -0.1) is 0 Å². The fourth-order valence-corrected chi connectivity index (χ4v) is 3.98. The van der Waals surface area contributed by atoms with Gasteiger partial charge in [-0.3, -0.25) is 0 Å². The largest absolute Gasteiger partial charge is 0.317 e. The quantitative estimate of drug-likeness (QED) is 0.841. The van der Waals surface area contributed by atoms with Crippen LogP contribution >= 0.6 is 0 Å². The second-order valence-corrected chi connectivity index (χ2v) is 7.95. The molecule has 1 saturated heterocycles. The van der Waals surface area contributed by atoms with Crippen molar-refractivity contribution in [1.82, 2.24) is 10.2 Å². The van der Waals surface area contributed by atoms with Crippen molar-refractivity contribution >= 4 is 0 Å². The highest BCUT2D eigenvalue weighted by molar-refractivity contribution is 4.83. The Balaban J connectivity index is 1.69. The standard InChI is InChI=1S/C17H34N2/c1-17(2,3)15-7-5-14(6-8-15)13-19-11-9-16(18-4)10-12-19/h14-16,18H,5-13H2,1-4H3. The number of hydrogen-bond acceptors (Lipinski definition) is 2. The van der Waals surface area contributed by atoms with Gasteiger partial charge in [-0.1, -0.05) is 20.8 Å². The molecule has 1 heterocycles. The van der Waals surface area contributed by atoms with Crippen LogP contribution in [0.3, 0.4) is 0 Å². The second-order valence-electron chi connectivity index (χ2n) is 7.95. The maximum Gasteiger partial charge on any atom is 0.00884 e. The smallest absolute Gasteiger partial charge is 0.00884 e. The fourth-order valence-electron chi connectivity index (χ4n) is 3.98. The van der Waals surface area contributed by atoms with Gasteiger partial charge < -0.3 is 10.2 Å². The molecule has 1 N–H and O–H groups in total. The summed E-state index contributed by atoms with van der Waals surface area (Å²) in [5, 5.41) is 3.42. The second kappa shape index (κ2) is 6.58. The molecular formula is C17H34N2. The normalized spacial score (nSPS) is 31.6. The fraction of sp³-hybridized carbons (Fsp3) is 1.00. The number of likely N-dealkylation sites (tertiary alicyclic amines) is 1. The lowest BCUT2D eigenvalue weighted by atomic mass is 9.70. The maximum absolute atomic E-state index is 3.42. The van der Waals surface area contributed by atoms with Gasteiger partial charge in [0.05, 0.1) is 0 Å². The molecule has 1 aliphatic carbocycles. The van der Waals surface area contributed by atoms with Crippen LogP contribution in [0.2, 0.25) is 0 Å². The molecule has 1 saturated carbocycles. The summed E-state index contributed by atoms with van der Waals surface area (Å²) in [7, 11) is 2.11. The lowest BCUT2D eigenvalue weighted by Gasteiger charge is -2.39. The molecule has 2 rings (SSSR count). The van der Waals surface area contributed by atoms with Gasteiger partial charge in [-0.2, -0.15) is 0 Å². The molecule has 0 spiro atoms. The zero-order valence-corrected chi connectivity index (χ0v) is 13.5. The van der Waals surface area contributed by atoms with E-state index < -0.39 is 0 Å². The van der Waals surface area contributed by atoms with Crippen LogP contribution in [0.5, 0.6) is 0 Å². The summed E-state index contributed by atoms with van der Waals surface area (Å²) < 4.78 is 0. The average Bonchev–Trinajstić information content (AvgIpc) is 2.39. The zero-order chi connectivity index (χ0) is 13.9. The van der Waals surface area contributed by atoms with Crippen molar-refractivity contribution in [3.8, 4) is 0 Å². The Morgan fingerprint density at radius 1 is 0.947 bits per heavy atom. The third-order valence-corrected chi connectivity index (χ3v) is 5.58. The van der Waals surface area contributed by atoms with Crippen LogP contribution in [-0.4, -0.2) is 37.6 Å². The molecule has 0 unspecified atom stereocenters. The molecule has 0 aromatic carbocycles. The van der Waals surface area contributed by atoms with Crippen molar-refractivity contribution < 1.29 is 0 Å². The molecule has 0 amide bonds. The number of hydrogen-bond donors (Lipinski definition) is 1. The SMILES string of the molecule is CNC1CCN(CC2CCC(C(C)(C)C)CC2)CC1. The van der Waals surface area contributed by atoms with Crippen molar-refractivity contribution in [3.05, 3.63) is 0 Å². The maximum atomic E-state index is 3.42. The number of nitrogens with one attached hydrogen (secondary N) is 1. The topological polar surface area (TPSA) is 15.3 Å². The van der Waals surface area contributed by atoms with Crippen LogP contribution in [-0.2, 0) is 0 Å². The Hall–Kier alpha value is -0.0800. The first-order valence-electron chi connectivity index (χ1n) is 8.38. The Morgan fingerprint density at radius 3 is 2.00 bits per heavy atom. The van der Waals surface area contributed by atoms with Crippen LogP contribution in [0, 0.1) is 17.3 Å². The van der Waals surface area contributed by atoms with Gasteiger partial charge >= 0.3 is 0 Å². The minimum Gasteiger partial charge on any atom is -0.317 e. The molecule has 0 bridgehead atoms. The molecular weight excluding hydrogens is 232 g/mol. The summed E-state index contributed by atoms with van der Waals surface area (Å²) in [4.78, 5) is 2.72. The Bertz CT molecular complexity index is 253. The van der Waals surface area contributed by atoms with Crippen LogP contribution in [0.4, 0.5) is 0 Å². The number of piperidine rings is 1. The van der Waals surface area contributed by atoms with Crippen molar-refractivity contribution in [2.75, 3.05) is 26.7 Å². The van der Waals surface area contributed by atoms with Gasteiger partial charge in [-0.25, -0.2) is 0 Å². The lowest BCUT2D eigenvalue weighted by Crippen LogP contribution is -2.43. The molecule has 2 heteroatoms. The Kier molecular flexibility index (Phi) is 5.30. The summed E-state index contributed by atoms with van der Waals surface area (Å²) in [6.45, 7) is 11.2. The highest BCUT2D eigenvalue weighted by Crippen LogP contribution is 2.40. The Morgan fingerprint density at radius 2 is 1.53 bits per heavy atom. The molecule has 0 radical (unpaired) electrons. The molecule has 0 aromatic rings. The lowest BCUT2D eigenvalue weighted by molar-refractivity contribution is 0.111. The van der Waals surface area contributed by atoms with E-state index in [-0.39, 0.29) is 0 Å². The number of rotatable bonds is 3. The highest BCUT2D eigenvalue weighted by Gasteiger charge is 2.30. The molecule has 2 aliphatic rings. The van der Waals surface area contributed by atoms with E-state index in [4.69, 9.17) is 0 Å². The summed E-state index contributed by atoms with van der Waals surface area (Å²) in [5.41, 5.74) is 0.524. The third kappa shape index (κ3) is 4.46. The van der Waals surface area contributed by atoms with Crippen LogP contribution in [0.1, 0.15) is 59.3 Å². The predicted octanol–water partition coefficient (Wildman–Crippen LogP) is 3.52. The molecule has 2 nitrogen and oxygen atoms in total. The summed E-state index contributed by atoms with van der Waals surface area (Å²) in [6, 6.07) is 0.771. The van der Waals surface area contributed by atoms with Crippen molar-refractivity contribution in [2.24, 2.45) is 17.3 Å². The number of nitrogens with zero attached hydrogens (tertiary/aromatic N) is 1. The minimum absolute atomic E-state index is 0.524. The summed E-state index contributed by atoms with van der Waals surface area (Å²) in [5.74, 6) is 1.93. The van der Waals surface area contributed by atoms with E-state index in [2.05, 4.69) is 38.0 Å². The zero-order valence-electron chi connectivity index (χ0n) is 13.5.